The fourth-order valence-electron chi connectivity index (χ4n) is 3.03. The van der Waals surface area contributed by atoms with E-state index in [1.165, 1.54) is 0 Å². The first kappa shape index (κ1) is 15.1. The van der Waals surface area contributed by atoms with Gasteiger partial charge in [-0.25, -0.2) is 4.79 Å². The summed E-state index contributed by atoms with van der Waals surface area (Å²) >= 11 is 0. The van der Waals surface area contributed by atoms with Crippen molar-refractivity contribution in [2.75, 3.05) is 26.3 Å². The van der Waals surface area contributed by atoms with Crippen LogP contribution in [0.3, 0.4) is 0 Å². The summed E-state index contributed by atoms with van der Waals surface area (Å²) < 4.78 is 5.28. The van der Waals surface area contributed by atoms with E-state index in [1.54, 1.807) is 0 Å². The molecule has 20 heavy (non-hydrogen) atoms. The minimum Gasteiger partial charge on any atom is -0.481 e. The SMILES string of the molecule is O=C(NCCC1CCOC1)NCC1(C(=O)O)CCCC1. The summed E-state index contributed by atoms with van der Waals surface area (Å²) in [6, 6.07) is -0.267. The molecule has 0 aromatic rings. The molecular weight excluding hydrogens is 260 g/mol. The lowest BCUT2D eigenvalue weighted by Crippen LogP contribution is -2.45. The Morgan fingerprint density at radius 2 is 2.00 bits per heavy atom. The fourth-order valence-corrected chi connectivity index (χ4v) is 3.03. The van der Waals surface area contributed by atoms with Gasteiger partial charge in [0.05, 0.1) is 5.41 Å². The molecule has 1 atom stereocenters. The van der Waals surface area contributed by atoms with Crippen molar-refractivity contribution in [3.05, 3.63) is 0 Å². The van der Waals surface area contributed by atoms with E-state index < -0.39 is 11.4 Å². The number of nitrogens with one attached hydrogen (secondary N) is 2. The number of hydrogen-bond acceptors (Lipinski definition) is 3. The molecule has 0 aromatic carbocycles. The predicted molar refractivity (Wildman–Crippen MR) is 73.5 cm³/mol. The largest absolute Gasteiger partial charge is 0.481 e. The van der Waals surface area contributed by atoms with Gasteiger partial charge in [0, 0.05) is 26.3 Å². The Hall–Kier alpha value is -1.30. The first-order valence-electron chi connectivity index (χ1n) is 7.45. The number of aliphatic carboxylic acids is 1. The lowest BCUT2D eigenvalue weighted by molar-refractivity contribution is -0.148. The molecule has 0 radical (unpaired) electrons. The van der Waals surface area contributed by atoms with E-state index in [9.17, 15) is 14.7 Å². The molecule has 2 aliphatic rings. The highest BCUT2D eigenvalue weighted by molar-refractivity contribution is 5.78. The van der Waals surface area contributed by atoms with Gasteiger partial charge < -0.3 is 20.5 Å². The van der Waals surface area contributed by atoms with Crippen LogP contribution in [-0.4, -0.2) is 43.4 Å². The van der Waals surface area contributed by atoms with Crippen LogP contribution in [0.1, 0.15) is 38.5 Å². The second-order valence-electron chi connectivity index (χ2n) is 5.92. The van der Waals surface area contributed by atoms with Crippen molar-refractivity contribution in [1.29, 1.82) is 0 Å². The number of carbonyl (C=O) groups excluding carboxylic acids is 1. The van der Waals surface area contributed by atoms with Crippen molar-refractivity contribution in [3.8, 4) is 0 Å². The second kappa shape index (κ2) is 6.92. The molecule has 1 aliphatic carbocycles. The average molecular weight is 284 g/mol. The van der Waals surface area contributed by atoms with E-state index in [2.05, 4.69) is 10.6 Å². The highest BCUT2D eigenvalue weighted by Crippen LogP contribution is 2.37. The van der Waals surface area contributed by atoms with E-state index in [0.717, 1.165) is 38.9 Å². The number of carboxylic acid groups (broad SMARTS) is 1. The quantitative estimate of drug-likeness (QED) is 0.687. The Bertz CT molecular complexity index is 347. The van der Waals surface area contributed by atoms with E-state index in [0.29, 0.717) is 25.3 Å². The molecule has 1 unspecified atom stereocenters. The summed E-state index contributed by atoms with van der Waals surface area (Å²) in [5, 5.41) is 14.8. The topological polar surface area (TPSA) is 87.7 Å². The zero-order valence-corrected chi connectivity index (χ0v) is 11.8. The Morgan fingerprint density at radius 1 is 1.25 bits per heavy atom. The van der Waals surface area contributed by atoms with Gasteiger partial charge in [0.2, 0.25) is 0 Å². The number of carboxylic acids is 1. The normalized spacial score (nSPS) is 24.5. The van der Waals surface area contributed by atoms with Crippen LogP contribution >= 0.6 is 0 Å². The maximum atomic E-state index is 11.7. The molecule has 114 valence electrons. The molecule has 2 fully saturated rings. The summed E-state index contributed by atoms with van der Waals surface area (Å²) in [4.78, 5) is 23.0. The van der Waals surface area contributed by atoms with E-state index in [1.807, 2.05) is 0 Å². The van der Waals surface area contributed by atoms with Crippen molar-refractivity contribution >= 4 is 12.0 Å². The van der Waals surface area contributed by atoms with Gasteiger partial charge in [-0.3, -0.25) is 4.79 Å². The molecule has 6 nitrogen and oxygen atoms in total. The monoisotopic (exact) mass is 284 g/mol. The lowest BCUT2D eigenvalue weighted by Gasteiger charge is -2.24. The number of amides is 2. The maximum absolute atomic E-state index is 11.7. The highest BCUT2D eigenvalue weighted by atomic mass is 16.5. The number of carbonyl (C=O) groups is 2. The van der Waals surface area contributed by atoms with Crippen LogP contribution in [-0.2, 0) is 9.53 Å². The molecule has 2 rings (SSSR count). The fraction of sp³-hybridized carbons (Fsp3) is 0.857. The third-order valence-electron chi connectivity index (χ3n) is 4.46. The summed E-state index contributed by atoms with van der Waals surface area (Å²) in [6.45, 7) is 2.43. The summed E-state index contributed by atoms with van der Waals surface area (Å²) in [6.07, 6.45) is 5.14. The van der Waals surface area contributed by atoms with Crippen LogP contribution in [0.2, 0.25) is 0 Å². The van der Waals surface area contributed by atoms with Crippen molar-refractivity contribution in [1.82, 2.24) is 10.6 Å². The Morgan fingerprint density at radius 3 is 2.60 bits per heavy atom. The van der Waals surface area contributed by atoms with Gasteiger partial charge in [-0.15, -0.1) is 0 Å². The van der Waals surface area contributed by atoms with E-state index in [-0.39, 0.29) is 12.6 Å². The molecule has 0 bridgehead atoms. The third-order valence-corrected chi connectivity index (χ3v) is 4.46. The van der Waals surface area contributed by atoms with Gasteiger partial charge in [0.25, 0.3) is 0 Å². The molecular formula is C14H24N2O4. The maximum Gasteiger partial charge on any atom is 0.314 e. The van der Waals surface area contributed by atoms with Crippen molar-refractivity contribution in [3.63, 3.8) is 0 Å². The zero-order valence-electron chi connectivity index (χ0n) is 11.8. The molecule has 0 aromatic heterocycles. The van der Waals surface area contributed by atoms with Crippen molar-refractivity contribution in [2.45, 2.75) is 38.5 Å². The smallest absolute Gasteiger partial charge is 0.314 e. The summed E-state index contributed by atoms with van der Waals surface area (Å²) in [5.74, 6) is -0.256. The molecule has 1 aliphatic heterocycles. The van der Waals surface area contributed by atoms with Crippen molar-refractivity contribution in [2.24, 2.45) is 11.3 Å². The van der Waals surface area contributed by atoms with Gasteiger partial charge in [-0.2, -0.15) is 0 Å². The molecule has 1 saturated carbocycles. The number of ether oxygens (including phenoxy) is 1. The second-order valence-corrected chi connectivity index (χ2v) is 5.92. The van der Waals surface area contributed by atoms with E-state index in [4.69, 9.17) is 4.74 Å². The Labute approximate surface area is 119 Å². The standard InChI is InChI=1S/C14H24N2O4/c17-12(18)14(5-1-2-6-14)10-16-13(19)15-7-3-11-4-8-20-9-11/h11H,1-10H2,(H,17,18)(H2,15,16,19). The Kier molecular flexibility index (Phi) is 5.23. The summed E-state index contributed by atoms with van der Waals surface area (Å²) in [7, 11) is 0. The number of urea groups is 1. The average Bonchev–Trinajstić information content (AvgIpc) is 3.08. The van der Waals surface area contributed by atoms with Crippen LogP contribution in [0.4, 0.5) is 4.79 Å². The molecule has 0 spiro atoms. The van der Waals surface area contributed by atoms with Gasteiger partial charge in [0.15, 0.2) is 0 Å². The minimum absolute atomic E-state index is 0.223. The summed E-state index contributed by atoms with van der Waals surface area (Å²) in [5.41, 5.74) is -0.753. The van der Waals surface area contributed by atoms with Gasteiger partial charge in [0.1, 0.15) is 0 Å². The molecule has 2 amide bonds. The van der Waals surface area contributed by atoms with Gasteiger partial charge >= 0.3 is 12.0 Å². The van der Waals surface area contributed by atoms with Gasteiger partial charge in [-0.05, 0) is 31.6 Å². The first-order chi connectivity index (χ1) is 9.62. The lowest BCUT2D eigenvalue weighted by atomic mass is 9.86. The molecule has 1 saturated heterocycles. The van der Waals surface area contributed by atoms with E-state index >= 15 is 0 Å². The van der Waals surface area contributed by atoms with Crippen LogP contribution in [0.25, 0.3) is 0 Å². The first-order valence-corrected chi connectivity index (χ1v) is 7.45. The molecule has 3 N–H and O–H groups in total. The van der Waals surface area contributed by atoms with Crippen LogP contribution in [0, 0.1) is 11.3 Å². The third kappa shape index (κ3) is 3.85. The zero-order chi connectivity index (χ0) is 14.4. The minimum atomic E-state index is -0.793. The Balaban J connectivity index is 1.65. The molecule has 6 heteroatoms. The van der Waals surface area contributed by atoms with Crippen LogP contribution in [0.15, 0.2) is 0 Å². The van der Waals surface area contributed by atoms with Crippen molar-refractivity contribution < 1.29 is 19.4 Å². The predicted octanol–water partition coefficient (Wildman–Crippen LogP) is 1.36. The van der Waals surface area contributed by atoms with Crippen LogP contribution in [0.5, 0.6) is 0 Å². The van der Waals surface area contributed by atoms with Gasteiger partial charge in [-0.1, -0.05) is 12.8 Å². The number of rotatable bonds is 6. The number of hydrogen-bond donors (Lipinski definition) is 3. The molecule has 1 heterocycles. The van der Waals surface area contributed by atoms with Crippen LogP contribution < -0.4 is 10.6 Å². The highest BCUT2D eigenvalue weighted by Gasteiger charge is 2.41.